The van der Waals surface area contributed by atoms with Gasteiger partial charge in [0.2, 0.25) is 21.8 Å². The van der Waals surface area contributed by atoms with Crippen molar-refractivity contribution in [1.82, 2.24) is 14.9 Å². The third kappa shape index (κ3) is 4.55. The van der Waals surface area contributed by atoms with E-state index in [1.54, 1.807) is 0 Å². The highest BCUT2D eigenvalue weighted by Crippen LogP contribution is 2.12. The molecule has 0 radical (unpaired) electrons. The molecule has 1 heterocycles. The highest BCUT2D eigenvalue weighted by Gasteiger charge is 2.37. The summed E-state index contributed by atoms with van der Waals surface area (Å²) in [6, 6.07) is -0.537. The molecule has 0 saturated carbocycles. The van der Waals surface area contributed by atoms with Crippen molar-refractivity contribution in [3.05, 3.63) is 0 Å². The molecule has 2 N–H and O–H groups in total. The van der Waals surface area contributed by atoms with Crippen LogP contribution in [0.4, 0.5) is 0 Å². The van der Waals surface area contributed by atoms with Crippen LogP contribution in [0.15, 0.2) is 0 Å². The minimum Gasteiger partial charge on any atom is -0.314 e. The van der Waals surface area contributed by atoms with Gasteiger partial charge >= 0.3 is 0 Å². The van der Waals surface area contributed by atoms with Crippen LogP contribution in [0.25, 0.3) is 0 Å². The van der Waals surface area contributed by atoms with E-state index in [0.717, 1.165) is 4.31 Å². The van der Waals surface area contributed by atoms with Crippen LogP contribution >= 0.6 is 0 Å². The third-order valence-corrected chi connectivity index (χ3v) is 4.83. The molecular formula is C11H21N3O4S. The Balaban J connectivity index is 2.60. The lowest BCUT2D eigenvalue weighted by atomic mass is 10.2. The van der Waals surface area contributed by atoms with E-state index in [-0.39, 0.29) is 12.3 Å². The molecule has 110 valence electrons. The molecule has 1 fully saturated rings. The van der Waals surface area contributed by atoms with Crippen molar-refractivity contribution in [3.8, 4) is 0 Å². The first-order chi connectivity index (χ1) is 8.74. The highest BCUT2D eigenvalue weighted by atomic mass is 32.2. The van der Waals surface area contributed by atoms with Crippen LogP contribution in [-0.4, -0.2) is 55.5 Å². The first kappa shape index (κ1) is 16.1. The van der Waals surface area contributed by atoms with Crippen molar-refractivity contribution < 1.29 is 18.0 Å². The van der Waals surface area contributed by atoms with Crippen LogP contribution < -0.4 is 10.6 Å². The van der Waals surface area contributed by atoms with Gasteiger partial charge in [-0.25, -0.2) is 8.42 Å². The molecule has 0 bridgehead atoms. The summed E-state index contributed by atoms with van der Waals surface area (Å²) in [6.07, 6.45) is 0.444. The van der Waals surface area contributed by atoms with Crippen molar-refractivity contribution in [3.63, 3.8) is 0 Å². The number of rotatable bonds is 6. The van der Waals surface area contributed by atoms with Crippen LogP contribution in [0, 0.1) is 0 Å². The van der Waals surface area contributed by atoms with Crippen molar-refractivity contribution in [1.29, 1.82) is 0 Å². The number of carbonyl (C=O) groups is 2. The number of carbonyl (C=O) groups excluding carboxylic acids is 2. The van der Waals surface area contributed by atoms with Gasteiger partial charge in [-0.15, -0.1) is 0 Å². The number of hydrogen-bond donors (Lipinski definition) is 2. The van der Waals surface area contributed by atoms with Gasteiger partial charge in [-0.1, -0.05) is 13.8 Å². The first-order valence-corrected chi connectivity index (χ1v) is 7.91. The molecular weight excluding hydrogens is 270 g/mol. The van der Waals surface area contributed by atoms with Gasteiger partial charge in [0.25, 0.3) is 0 Å². The third-order valence-electron chi connectivity index (χ3n) is 2.86. The Morgan fingerprint density at radius 1 is 1.42 bits per heavy atom. The maximum Gasteiger partial charge on any atom is 0.244 e. The fourth-order valence-electron chi connectivity index (χ4n) is 1.79. The maximum absolute atomic E-state index is 12.1. The lowest BCUT2D eigenvalue weighted by Crippen LogP contribution is -2.58. The number of piperazine rings is 1. The summed E-state index contributed by atoms with van der Waals surface area (Å²) < 4.78 is 25.2. The van der Waals surface area contributed by atoms with E-state index in [2.05, 4.69) is 10.6 Å². The molecule has 1 unspecified atom stereocenters. The number of nitrogens with one attached hydrogen (secondary N) is 2. The van der Waals surface area contributed by atoms with Gasteiger partial charge in [0.15, 0.2) is 0 Å². The standard InChI is InChI=1S/C11H21N3O4S/c1-8(2)12-5-4-6-19(17,18)14-7-10(15)13-11(16)9(14)3/h8-9,12H,4-7H2,1-3H3,(H,13,15,16). The maximum atomic E-state index is 12.1. The zero-order valence-electron chi connectivity index (χ0n) is 11.5. The Labute approximate surface area is 113 Å². The molecule has 8 heteroatoms. The Hall–Kier alpha value is -0.990. The predicted molar refractivity (Wildman–Crippen MR) is 70.9 cm³/mol. The topological polar surface area (TPSA) is 95.6 Å². The molecule has 0 spiro atoms. The SMILES string of the molecule is CC(C)NCCCS(=O)(=O)N1CC(=O)NC(=O)C1C. The first-order valence-electron chi connectivity index (χ1n) is 6.30. The van der Waals surface area contributed by atoms with E-state index in [1.807, 2.05) is 13.8 Å². The van der Waals surface area contributed by atoms with E-state index >= 15 is 0 Å². The van der Waals surface area contributed by atoms with Crippen LogP contribution in [0.5, 0.6) is 0 Å². The Kier molecular flexibility index (Phi) is 5.45. The quantitative estimate of drug-likeness (QED) is 0.486. The predicted octanol–water partition coefficient (Wildman–Crippen LogP) is -0.949. The zero-order chi connectivity index (χ0) is 14.6. The fraction of sp³-hybridized carbons (Fsp3) is 0.818. The number of sulfonamides is 1. The lowest BCUT2D eigenvalue weighted by Gasteiger charge is -2.30. The van der Waals surface area contributed by atoms with Crippen molar-refractivity contribution in [2.45, 2.75) is 39.3 Å². The van der Waals surface area contributed by atoms with E-state index in [1.165, 1.54) is 6.92 Å². The zero-order valence-corrected chi connectivity index (χ0v) is 12.3. The number of nitrogens with zero attached hydrogens (tertiary/aromatic N) is 1. The molecule has 0 aromatic carbocycles. The molecule has 19 heavy (non-hydrogen) atoms. The summed E-state index contributed by atoms with van der Waals surface area (Å²) in [6.45, 7) is 5.73. The minimum atomic E-state index is -3.58. The van der Waals surface area contributed by atoms with E-state index in [9.17, 15) is 18.0 Å². The number of amides is 2. The molecule has 0 aromatic rings. The Morgan fingerprint density at radius 2 is 2.05 bits per heavy atom. The Morgan fingerprint density at radius 3 is 2.63 bits per heavy atom. The van der Waals surface area contributed by atoms with Crippen LogP contribution in [0.2, 0.25) is 0 Å². The summed E-state index contributed by atoms with van der Waals surface area (Å²) >= 11 is 0. The molecule has 1 rings (SSSR count). The normalized spacial score (nSPS) is 21.8. The molecule has 0 aliphatic carbocycles. The highest BCUT2D eigenvalue weighted by molar-refractivity contribution is 7.89. The molecule has 1 atom stereocenters. The molecule has 1 aliphatic rings. The van der Waals surface area contributed by atoms with E-state index in [0.29, 0.717) is 19.0 Å². The summed E-state index contributed by atoms with van der Waals surface area (Å²) in [5.74, 6) is -1.22. The van der Waals surface area contributed by atoms with E-state index in [4.69, 9.17) is 0 Å². The summed E-state index contributed by atoms with van der Waals surface area (Å²) in [5, 5.41) is 5.24. The van der Waals surface area contributed by atoms with Gasteiger partial charge < -0.3 is 5.32 Å². The molecule has 1 saturated heterocycles. The van der Waals surface area contributed by atoms with Gasteiger partial charge in [-0.3, -0.25) is 14.9 Å². The summed E-state index contributed by atoms with van der Waals surface area (Å²) in [4.78, 5) is 22.7. The molecule has 7 nitrogen and oxygen atoms in total. The van der Waals surface area contributed by atoms with Gasteiger partial charge in [-0.05, 0) is 19.9 Å². The second-order valence-corrected chi connectivity index (χ2v) is 6.95. The van der Waals surface area contributed by atoms with Crippen molar-refractivity contribution in [2.75, 3.05) is 18.8 Å². The second-order valence-electron chi connectivity index (χ2n) is 4.91. The molecule has 0 aromatic heterocycles. The number of imide groups is 1. The van der Waals surface area contributed by atoms with Crippen LogP contribution in [0.3, 0.4) is 0 Å². The smallest absolute Gasteiger partial charge is 0.244 e. The average molecular weight is 291 g/mol. The van der Waals surface area contributed by atoms with Crippen LogP contribution in [-0.2, 0) is 19.6 Å². The minimum absolute atomic E-state index is 0.0718. The van der Waals surface area contributed by atoms with Crippen molar-refractivity contribution in [2.24, 2.45) is 0 Å². The largest absolute Gasteiger partial charge is 0.314 e. The average Bonchev–Trinajstić information content (AvgIpc) is 2.29. The van der Waals surface area contributed by atoms with Gasteiger partial charge in [0, 0.05) is 6.04 Å². The van der Waals surface area contributed by atoms with Gasteiger partial charge in [0.05, 0.1) is 12.3 Å². The van der Waals surface area contributed by atoms with Gasteiger partial charge in [-0.2, -0.15) is 4.31 Å². The monoisotopic (exact) mass is 291 g/mol. The van der Waals surface area contributed by atoms with E-state index < -0.39 is 27.9 Å². The lowest BCUT2D eigenvalue weighted by molar-refractivity contribution is -0.136. The second kappa shape index (κ2) is 6.44. The summed E-state index contributed by atoms with van der Waals surface area (Å²) in [5.41, 5.74) is 0. The summed E-state index contributed by atoms with van der Waals surface area (Å²) in [7, 11) is -3.58. The van der Waals surface area contributed by atoms with Crippen molar-refractivity contribution >= 4 is 21.8 Å². The van der Waals surface area contributed by atoms with Gasteiger partial charge in [0.1, 0.15) is 6.04 Å². The Bertz CT molecular complexity index is 447. The fourth-order valence-corrected chi connectivity index (χ4v) is 3.43. The number of hydrogen-bond acceptors (Lipinski definition) is 5. The van der Waals surface area contributed by atoms with Crippen LogP contribution in [0.1, 0.15) is 27.2 Å². The molecule has 1 aliphatic heterocycles. The molecule has 2 amide bonds.